The number of nitrogens with one attached hydrogen (secondary N) is 1. The van der Waals surface area contributed by atoms with E-state index >= 15 is 0 Å². The zero-order chi connectivity index (χ0) is 13.0. The predicted octanol–water partition coefficient (Wildman–Crippen LogP) is 0.692. The van der Waals surface area contributed by atoms with Crippen LogP contribution in [-0.2, 0) is 6.54 Å². The van der Waals surface area contributed by atoms with Gasteiger partial charge in [0.05, 0.1) is 12.4 Å². The van der Waals surface area contributed by atoms with Gasteiger partial charge in [0.1, 0.15) is 11.5 Å². The van der Waals surface area contributed by atoms with Crippen LogP contribution in [0.3, 0.4) is 0 Å². The quantitative estimate of drug-likeness (QED) is 0.827. The van der Waals surface area contributed by atoms with Crippen LogP contribution in [0.15, 0.2) is 30.9 Å². The molecule has 6 nitrogen and oxygen atoms in total. The summed E-state index contributed by atoms with van der Waals surface area (Å²) in [6.07, 6.45) is 6.20. The van der Waals surface area contributed by atoms with E-state index in [0.717, 1.165) is 11.1 Å². The lowest BCUT2D eigenvalue weighted by Crippen LogP contribution is -2.24. The summed E-state index contributed by atoms with van der Waals surface area (Å²) in [6.45, 7) is 2.36. The fraction of sp³-hybridized carbons (Fsp3) is 0.167. The topological polar surface area (TPSA) is 93.8 Å². The second-order valence-corrected chi connectivity index (χ2v) is 3.81. The highest BCUT2D eigenvalue weighted by molar-refractivity contribution is 5.92. The summed E-state index contributed by atoms with van der Waals surface area (Å²) in [5.74, 6) is -0.0849. The third-order valence-corrected chi connectivity index (χ3v) is 2.47. The molecule has 18 heavy (non-hydrogen) atoms. The molecule has 92 valence electrons. The highest BCUT2D eigenvalue weighted by Gasteiger charge is 2.08. The molecule has 0 saturated carbocycles. The minimum absolute atomic E-state index is 0.205. The minimum atomic E-state index is -0.307. The lowest BCUT2D eigenvalue weighted by atomic mass is 10.1. The van der Waals surface area contributed by atoms with Gasteiger partial charge in [-0.1, -0.05) is 0 Å². The van der Waals surface area contributed by atoms with Gasteiger partial charge in [0.15, 0.2) is 0 Å². The Kier molecular flexibility index (Phi) is 3.47. The molecule has 2 aromatic heterocycles. The summed E-state index contributed by atoms with van der Waals surface area (Å²) >= 11 is 0. The minimum Gasteiger partial charge on any atom is -0.382 e. The number of rotatable bonds is 3. The van der Waals surface area contributed by atoms with Gasteiger partial charge in [-0.3, -0.25) is 14.8 Å². The lowest BCUT2D eigenvalue weighted by Gasteiger charge is -2.06. The van der Waals surface area contributed by atoms with Crippen molar-refractivity contribution in [1.29, 1.82) is 0 Å². The van der Waals surface area contributed by atoms with E-state index in [2.05, 4.69) is 20.3 Å². The predicted molar refractivity (Wildman–Crippen MR) is 66.6 cm³/mol. The molecule has 0 fully saturated rings. The smallest absolute Gasteiger partial charge is 0.271 e. The first-order valence-electron chi connectivity index (χ1n) is 5.42. The molecular formula is C12H13N5O. The second kappa shape index (κ2) is 5.22. The van der Waals surface area contributed by atoms with Crippen LogP contribution in [0.1, 0.15) is 21.6 Å². The van der Waals surface area contributed by atoms with E-state index in [-0.39, 0.29) is 17.4 Å². The summed E-state index contributed by atoms with van der Waals surface area (Å²) in [6, 6.07) is 1.89. The Bertz CT molecular complexity index is 570. The average Bonchev–Trinajstić information content (AvgIpc) is 2.37. The maximum atomic E-state index is 11.8. The summed E-state index contributed by atoms with van der Waals surface area (Å²) < 4.78 is 0. The largest absolute Gasteiger partial charge is 0.382 e. The van der Waals surface area contributed by atoms with Crippen LogP contribution in [0.25, 0.3) is 0 Å². The number of hydrogen-bond acceptors (Lipinski definition) is 5. The molecule has 2 heterocycles. The molecule has 0 aliphatic heterocycles. The van der Waals surface area contributed by atoms with Crippen molar-refractivity contribution in [3.8, 4) is 0 Å². The van der Waals surface area contributed by atoms with Crippen LogP contribution in [0, 0.1) is 6.92 Å². The van der Waals surface area contributed by atoms with Gasteiger partial charge in [0, 0.05) is 18.9 Å². The van der Waals surface area contributed by atoms with Gasteiger partial charge in [0.25, 0.3) is 5.91 Å². The molecule has 0 spiro atoms. The van der Waals surface area contributed by atoms with Crippen molar-refractivity contribution in [2.75, 3.05) is 5.73 Å². The van der Waals surface area contributed by atoms with Gasteiger partial charge in [-0.15, -0.1) is 0 Å². The molecule has 2 aromatic rings. The zero-order valence-electron chi connectivity index (χ0n) is 9.92. The Morgan fingerprint density at radius 3 is 2.89 bits per heavy atom. The summed E-state index contributed by atoms with van der Waals surface area (Å²) in [5.41, 5.74) is 7.70. The number of aromatic nitrogens is 3. The molecule has 0 bridgehead atoms. The normalized spacial score (nSPS) is 10.1. The standard InChI is InChI=1S/C12H13N5O/c1-8-2-3-14-4-9(8)5-16-12(18)10-6-15-7-11(13)17-10/h2-4,6-7H,5H2,1H3,(H2,13,17)(H,16,18). The van der Waals surface area contributed by atoms with Gasteiger partial charge >= 0.3 is 0 Å². The Hall–Kier alpha value is -2.50. The number of nitrogen functional groups attached to an aromatic ring is 1. The van der Waals surface area contributed by atoms with E-state index in [1.54, 1.807) is 12.4 Å². The number of amides is 1. The first-order valence-corrected chi connectivity index (χ1v) is 5.42. The molecule has 0 aliphatic rings. The zero-order valence-corrected chi connectivity index (χ0v) is 9.92. The molecule has 1 amide bonds. The van der Waals surface area contributed by atoms with Crippen LogP contribution >= 0.6 is 0 Å². The number of nitrogens with zero attached hydrogens (tertiary/aromatic N) is 3. The van der Waals surface area contributed by atoms with Gasteiger partial charge in [0.2, 0.25) is 0 Å². The van der Waals surface area contributed by atoms with Crippen molar-refractivity contribution in [2.45, 2.75) is 13.5 Å². The van der Waals surface area contributed by atoms with Crippen LogP contribution in [0.4, 0.5) is 5.82 Å². The van der Waals surface area contributed by atoms with Gasteiger partial charge in [-0.05, 0) is 24.1 Å². The number of carbonyl (C=O) groups excluding carboxylic acids is 1. The van der Waals surface area contributed by atoms with Crippen molar-refractivity contribution in [1.82, 2.24) is 20.3 Å². The van der Waals surface area contributed by atoms with Gasteiger partial charge in [-0.25, -0.2) is 4.98 Å². The van der Waals surface area contributed by atoms with E-state index < -0.39 is 0 Å². The van der Waals surface area contributed by atoms with E-state index in [4.69, 9.17) is 5.73 Å². The number of anilines is 1. The molecule has 0 unspecified atom stereocenters. The maximum absolute atomic E-state index is 11.8. The lowest BCUT2D eigenvalue weighted by molar-refractivity contribution is 0.0945. The number of hydrogen-bond donors (Lipinski definition) is 2. The van der Waals surface area contributed by atoms with E-state index in [0.29, 0.717) is 6.54 Å². The Morgan fingerprint density at radius 1 is 1.33 bits per heavy atom. The van der Waals surface area contributed by atoms with Crippen LogP contribution in [0.2, 0.25) is 0 Å². The fourth-order valence-corrected chi connectivity index (χ4v) is 1.44. The van der Waals surface area contributed by atoms with Gasteiger partial charge < -0.3 is 11.1 Å². The molecule has 3 N–H and O–H groups in total. The molecule has 0 aromatic carbocycles. The first-order chi connectivity index (χ1) is 8.66. The van der Waals surface area contributed by atoms with Crippen LogP contribution in [-0.4, -0.2) is 20.9 Å². The number of carbonyl (C=O) groups is 1. The molecule has 2 rings (SSSR count). The summed E-state index contributed by atoms with van der Waals surface area (Å²) in [4.78, 5) is 23.5. The van der Waals surface area contributed by atoms with Crippen molar-refractivity contribution in [3.05, 3.63) is 47.7 Å². The van der Waals surface area contributed by atoms with E-state index in [1.807, 2.05) is 13.0 Å². The number of pyridine rings is 1. The van der Waals surface area contributed by atoms with Crippen LogP contribution in [0.5, 0.6) is 0 Å². The highest BCUT2D eigenvalue weighted by Crippen LogP contribution is 2.04. The van der Waals surface area contributed by atoms with Crippen LogP contribution < -0.4 is 11.1 Å². The Balaban J connectivity index is 2.03. The molecule has 6 heteroatoms. The van der Waals surface area contributed by atoms with Crippen molar-refractivity contribution in [2.24, 2.45) is 0 Å². The molecule has 0 saturated heterocycles. The molecule has 0 aliphatic carbocycles. The highest BCUT2D eigenvalue weighted by atomic mass is 16.1. The summed E-state index contributed by atoms with van der Waals surface area (Å²) in [7, 11) is 0. The van der Waals surface area contributed by atoms with Crippen molar-refractivity contribution >= 4 is 11.7 Å². The van der Waals surface area contributed by atoms with Crippen molar-refractivity contribution < 1.29 is 4.79 Å². The first kappa shape index (κ1) is 12.0. The third-order valence-electron chi connectivity index (χ3n) is 2.47. The summed E-state index contributed by atoms with van der Waals surface area (Å²) in [5, 5.41) is 2.75. The Labute approximate surface area is 104 Å². The van der Waals surface area contributed by atoms with Gasteiger partial charge in [-0.2, -0.15) is 0 Å². The number of nitrogens with two attached hydrogens (primary N) is 1. The molecule has 0 radical (unpaired) electrons. The third kappa shape index (κ3) is 2.79. The van der Waals surface area contributed by atoms with E-state index in [9.17, 15) is 4.79 Å². The SMILES string of the molecule is Cc1ccncc1CNC(=O)c1cncc(N)n1. The fourth-order valence-electron chi connectivity index (χ4n) is 1.44. The van der Waals surface area contributed by atoms with E-state index in [1.165, 1.54) is 12.4 Å². The molecular weight excluding hydrogens is 230 g/mol. The monoisotopic (exact) mass is 243 g/mol. The average molecular weight is 243 g/mol. The number of aryl methyl sites for hydroxylation is 1. The Morgan fingerprint density at radius 2 is 2.17 bits per heavy atom. The maximum Gasteiger partial charge on any atom is 0.271 e. The molecule has 0 atom stereocenters. The second-order valence-electron chi connectivity index (χ2n) is 3.81. The van der Waals surface area contributed by atoms with Crippen molar-refractivity contribution in [3.63, 3.8) is 0 Å².